The molecule has 0 spiro atoms. The maximum atomic E-state index is 12.6. The number of anilines is 1. The molecule has 3 aromatic rings. The van der Waals surface area contributed by atoms with Crippen molar-refractivity contribution in [3.63, 3.8) is 0 Å². The van der Waals surface area contributed by atoms with E-state index in [0.717, 1.165) is 5.56 Å². The van der Waals surface area contributed by atoms with Crippen LogP contribution in [0.4, 0.5) is 5.69 Å². The fraction of sp³-hybridized carbons (Fsp3) is 0.238. The van der Waals surface area contributed by atoms with Gasteiger partial charge in [-0.05, 0) is 45.0 Å². The molecule has 0 aliphatic heterocycles. The third-order valence-corrected chi connectivity index (χ3v) is 5.55. The van der Waals surface area contributed by atoms with Gasteiger partial charge < -0.3 is 5.32 Å². The van der Waals surface area contributed by atoms with Gasteiger partial charge in [-0.1, -0.05) is 35.5 Å². The molecule has 144 valence electrons. The van der Waals surface area contributed by atoms with Crippen molar-refractivity contribution in [1.82, 2.24) is 9.55 Å². The fourth-order valence-electron chi connectivity index (χ4n) is 2.81. The number of amides is 1. The maximum Gasteiger partial charge on any atom is 0.261 e. The van der Waals surface area contributed by atoms with Gasteiger partial charge in [0.2, 0.25) is 5.91 Å². The Bertz CT molecular complexity index is 1140. The second kappa shape index (κ2) is 7.98. The molecule has 0 saturated heterocycles. The number of ketones is 1. The Hall–Kier alpha value is -2.93. The van der Waals surface area contributed by atoms with E-state index in [4.69, 9.17) is 0 Å². The van der Waals surface area contributed by atoms with Gasteiger partial charge in [0.25, 0.3) is 5.56 Å². The van der Waals surface area contributed by atoms with Crippen LogP contribution in [0, 0.1) is 6.92 Å². The van der Waals surface area contributed by atoms with Crippen LogP contribution in [0.2, 0.25) is 0 Å². The Balaban J connectivity index is 1.85. The Kier molecular flexibility index (Phi) is 5.65. The molecule has 2 aromatic carbocycles. The minimum atomic E-state index is -0.513. The summed E-state index contributed by atoms with van der Waals surface area (Å²) in [6, 6.07) is 12.4. The van der Waals surface area contributed by atoms with E-state index in [-0.39, 0.29) is 17.2 Å². The number of hydrogen-bond donors (Lipinski definition) is 1. The van der Waals surface area contributed by atoms with E-state index in [1.807, 2.05) is 25.1 Å². The molecule has 0 aliphatic rings. The molecule has 3 rings (SSSR count). The fourth-order valence-corrected chi connectivity index (χ4v) is 3.69. The standard InChI is InChI=1S/C21H21N3O3S/c1-12-9-10-18-16(11-12)20(27)24(4)21(23-18)28-14(3)19(26)22-17-8-6-5-7-15(17)13(2)25/h5-11,14H,1-4H3,(H,22,26). The second-order valence-corrected chi connectivity index (χ2v) is 7.94. The average molecular weight is 395 g/mol. The number of nitrogens with zero attached hydrogens (tertiary/aromatic N) is 2. The molecule has 1 aromatic heterocycles. The maximum absolute atomic E-state index is 12.6. The van der Waals surface area contributed by atoms with Crippen molar-refractivity contribution in [3.05, 3.63) is 63.9 Å². The first-order valence-electron chi connectivity index (χ1n) is 8.83. The van der Waals surface area contributed by atoms with E-state index in [2.05, 4.69) is 10.3 Å². The summed E-state index contributed by atoms with van der Waals surface area (Å²) in [6.07, 6.45) is 0. The summed E-state index contributed by atoms with van der Waals surface area (Å²) in [5.41, 5.74) is 2.38. The van der Waals surface area contributed by atoms with Crippen molar-refractivity contribution in [3.8, 4) is 0 Å². The molecule has 6 nitrogen and oxygen atoms in total. The molecule has 0 bridgehead atoms. The van der Waals surface area contributed by atoms with Crippen molar-refractivity contribution in [2.75, 3.05) is 5.32 Å². The monoisotopic (exact) mass is 395 g/mol. The van der Waals surface area contributed by atoms with Gasteiger partial charge in [-0.2, -0.15) is 0 Å². The zero-order valence-corrected chi connectivity index (χ0v) is 17.0. The largest absolute Gasteiger partial charge is 0.324 e. The number of rotatable bonds is 5. The molecule has 0 aliphatic carbocycles. The number of fused-ring (bicyclic) bond motifs is 1. The number of thioether (sulfide) groups is 1. The Morgan fingerprint density at radius 2 is 1.89 bits per heavy atom. The lowest BCUT2D eigenvalue weighted by Gasteiger charge is -2.15. The highest BCUT2D eigenvalue weighted by molar-refractivity contribution is 8.00. The van der Waals surface area contributed by atoms with Crippen molar-refractivity contribution in [1.29, 1.82) is 0 Å². The molecule has 1 N–H and O–H groups in total. The summed E-state index contributed by atoms with van der Waals surface area (Å²) in [5, 5.41) is 3.30. The number of aryl methyl sites for hydroxylation is 1. The van der Waals surface area contributed by atoms with Crippen LogP contribution in [0.1, 0.15) is 29.8 Å². The van der Waals surface area contributed by atoms with Crippen molar-refractivity contribution in [2.24, 2.45) is 7.05 Å². The Morgan fingerprint density at radius 3 is 2.61 bits per heavy atom. The second-order valence-electron chi connectivity index (χ2n) is 6.63. The highest BCUT2D eigenvalue weighted by Crippen LogP contribution is 2.24. The normalized spacial score (nSPS) is 12.0. The summed E-state index contributed by atoms with van der Waals surface area (Å²) >= 11 is 1.20. The predicted molar refractivity (Wildman–Crippen MR) is 112 cm³/mol. The van der Waals surface area contributed by atoms with Crippen molar-refractivity contribution in [2.45, 2.75) is 31.2 Å². The average Bonchev–Trinajstić information content (AvgIpc) is 2.66. The minimum Gasteiger partial charge on any atom is -0.324 e. The van der Waals surface area contributed by atoms with Gasteiger partial charge in [-0.25, -0.2) is 4.98 Å². The lowest BCUT2D eigenvalue weighted by molar-refractivity contribution is -0.115. The van der Waals surface area contributed by atoms with Gasteiger partial charge >= 0.3 is 0 Å². The molecule has 1 atom stereocenters. The quantitative estimate of drug-likeness (QED) is 0.406. The lowest BCUT2D eigenvalue weighted by atomic mass is 10.1. The van der Waals surface area contributed by atoms with E-state index in [1.165, 1.54) is 23.3 Å². The number of hydrogen-bond acceptors (Lipinski definition) is 5. The van der Waals surface area contributed by atoms with E-state index in [1.54, 1.807) is 38.2 Å². The van der Waals surface area contributed by atoms with Crippen LogP contribution in [0.25, 0.3) is 10.9 Å². The van der Waals surface area contributed by atoms with Crippen molar-refractivity contribution < 1.29 is 9.59 Å². The molecular formula is C21H21N3O3S. The molecule has 1 amide bonds. The third-order valence-electron chi connectivity index (χ3n) is 4.41. The topological polar surface area (TPSA) is 81.1 Å². The predicted octanol–water partition coefficient (Wildman–Crippen LogP) is 3.56. The van der Waals surface area contributed by atoms with Gasteiger partial charge in [0.05, 0.1) is 21.8 Å². The number of Topliss-reactive ketones (excluding diaryl/α,β-unsaturated/α-hetero) is 1. The molecule has 28 heavy (non-hydrogen) atoms. The number of nitrogens with one attached hydrogen (secondary N) is 1. The van der Waals surface area contributed by atoms with E-state index < -0.39 is 5.25 Å². The molecule has 1 heterocycles. The van der Waals surface area contributed by atoms with E-state index in [0.29, 0.717) is 27.3 Å². The van der Waals surface area contributed by atoms with Crippen LogP contribution in [0.5, 0.6) is 0 Å². The zero-order valence-electron chi connectivity index (χ0n) is 16.1. The first-order valence-corrected chi connectivity index (χ1v) is 9.70. The van der Waals surface area contributed by atoms with E-state index in [9.17, 15) is 14.4 Å². The van der Waals surface area contributed by atoms with E-state index >= 15 is 0 Å². The number of para-hydroxylation sites is 1. The summed E-state index contributed by atoms with van der Waals surface area (Å²) in [6.45, 7) is 5.12. The Labute approximate surface area is 167 Å². The van der Waals surface area contributed by atoms with Crippen LogP contribution < -0.4 is 10.9 Å². The van der Waals surface area contributed by atoms with Gasteiger partial charge in [0.1, 0.15) is 0 Å². The van der Waals surface area contributed by atoms with Crippen LogP contribution in [-0.2, 0) is 11.8 Å². The van der Waals surface area contributed by atoms with Crippen LogP contribution in [0.15, 0.2) is 52.4 Å². The Morgan fingerprint density at radius 1 is 1.18 bits per heavy atom. The van der Waals surface area contributed by atoms with Gasteiger partial charge in [-0.15, -0.1) is 0 Å². The van der Waals surface area contributed by atoms with Crippen LogP contribution in [-0.4, -0.2) is 26.5 Å². The number of carbonyl (C=O) groups is 2. The molecular weight excluding hydrogens is 374 g/mol. The summed E-state index contributed by atoms with van der Waals surface area (Å²) < 4.78 is 1.46. The summed E-state index contributed by atoms with van der Waals surface area (Å²) in [4.78, 5) is 41.6. The summed E-state index contributed by atoms with van der Waals surface area (Å²) in [7, 11) is 1.65. The number of benzene rings is 2. The third kappa shape index (κ3) is 3.99. The lowest BCUT2D eigenvalue weighted by Crippen LogP contribution is -2.26. The first-order chi connectivity index (χ1) is 13.3. The van der Waals surface area contributed by atoms with Crippen LogP contribution in [0.3, 0.4) is 0 Å². The smallest absolute Gasteiger partial charge is 0.261 e. The number of carbonyl (C=O) groups excluding carboxylic acids is 2. The molecule has 0 saturated carbocycles. The minimum absolute atomic E-state index is 0.120. The van der Waals surface area contributed by atoms with Crippen molar-refractivity contribution >= 4 is 40.0 Å². The SMILES string of the molecule is CC(=O)c1ccccc1NC(=O)C(C)Sc1nc2ccc(C)cc2c(=O)n1C. The van der Waals surface area contributed by atoms with Gasteiger partial charge in [0, 0.05) is 12.6 Å². The van der Waals surface area contributed by atoms with Gasteiger partial charge in [0.15, 0.2) is 10.9 Å². The highest BCUT2D eigenvalue weighted by Gasteiger charge is 2.20. The highest BCUT2D eigenvalue weighted by atomic mass is 32.2. The summed E-state index contributed by atoms with van der Waals surface area (Å²) in [5.74, 6) is -0.387. The molecule has 0 radical (unpaired) electrons. The van der Waals surface area contributed by atoms with Gasteiger partial charge in [-0.3, -0.25) is 19.0 Å². The molecule has 1 unspecified atom stereocenters. The molecule has 0 fully saturated rings. The number of aromatic nitrogens is 2. The zero-order chi connectivity index (χ0) is 20.4. The molecule has 7 heteroatoms. The first kappa shape index (κ1) is 19.8. The van der Waals surface area contributed by atoms with Crippen LogP contribution >= 0.6 is 11.8 Å².